The van der Waals surface area contributed by atoms with E-state index >= 15 is 0 Å². The van der Waals surface area contributed by atoms with Crippen LogP contribution in [0.5, 0.6) is 5.75 Å². The van der Waals surface area contributed by atoms with E-state index in [4.69, 9.17) is 14.8 Å². The zero-order valence-corrected chi connectivity index (χ0v) is 10.2. The first-order valence-electron chi connectivity index (χ1n) is 5.69. The van der Waals surface area contributed by atoms with E-state index < -0.39 is 24.6 Å². The fourth-order valence-electron chi connectivity index (χ4n) is 1.68. The Morgan fingerprint density at radius 3 is 2.30 bits per heavy atom. The molecular formula is C13H10BF3O3. The van der Waals surface area contributed by atoms with Crippen molar-refractivity contribution in [1.29, 1.82) is 0 Å². The molecule has 0 unspecified atom stereocenters. The maximum absolute atomic E-state index is 13.3. The lowest BCUT2D eigenvalue weighted by molar-refractivity contribution is 0.288. The lowest BCUT2D eigenvalue weighted by Crippen LogP contribution is -2.34. The molecule has 0 bridgehead atoms. The van der Waals surface area contributed by atoms with Crippen molar-refractivity contribution >= 4 is 12.6 Å². The van der Waals surface area contributed by atoms with Crippen molar-refractivity contribution in [3.05, 3.63) is 59.4 Å². The van der Waals surface area contributed by atoms with Crippen LogP contribution in [0.25, 0.3) is 0 Å². The molecule has 104 valence electrons. The van der Waals surface area contributed by atoms with Crippen molar-refractivity contribution in [3.63, 3.8) is 0 Å². The predicted octanol–water partition coefficient (Wildman–Crippen LogP) is 1.36. The Labute approximate surface area is 113 Å². The number of ether oxygens (including phenoxy) is 1. The minimum Gasteiger partial charge on any atom is -0.486 e. The van der Waals surface area contributed by atoms with E-state index in [0.29, 0.717) is 0 Å². The van der Waals surface area contributed by atoms with Crippen LogP contribution in [0.2, 0.25) is 0 Å². The van der Waals surface area contributed by atoms with E-state index in [1.54, 1.807) is 0 Å². The molecule has 7 heteroatoms. The Morgan fingerprint density at radius 1 is 0.950 bits per heavy atom. The van der Waals surface area contributed by atoms with Gasteiger partial charge >= 0.3 is 7.12 Å². The summed E-state index contributed by atoms with van der Waals surface area (Å²) in [6, 6.07) is 6.05. The molecule has 0 spiro atoms. The lowest BCUT2D eigenvalue weighted by Gasteiger charge is -2.11. The van der Waals surface area contributed by atoms with Crippen LogP contribution in [-0.4, -0.2) is 17.2 Å². The molecule has 0 atom stereocenters. The third kappa shape index (κ3) is 3.31. The van der Waals surface area contributed by atoms with Gasteiger partial charge in [-0.05, 0) is 35.3 Å². The smallest absolute Gasteiger partial charge is 0.486 e. The number of benzene rings is 2. The van der Waals surface area contributed by atoms with E-state index in [2.05, 4.69) is 0 Å². The van der Waals surface area contributed by atoms with Crippen molar-refractivity contribution in [1.82, 2.24) is 0 Å². The average molecular weight is 282 g/mol. The van der Waals surface area contributed by atoms with Gasteiger partial charge in [-0.2, -0.15) is 0 Å². The maximum Gasteiger partial charge on any atom is 0.488 e. The summed E-state index contributed by atoms with van der Waals surface area (Å²) in [6.45, 7) is -0.256. The third-order valence-corrected chi connectivity index (χ3v) is 2.66. The highest BCUT2D eigenvalue weighted by Gasteiger charge is 2.17. The molecule has 2 aromatic rings. The molecule has 0 radical (unpaired) electrons. The van der Waals surface area contributed by atoms with Gasteiger partial charge in [0.25, 0.3) is 0 Å². The Kier molecular flexibility index (Phi) is 4.31. The van der Waals surface area contributed by atoms with Gasteiger partial charge in [0.15, 0.2) is 11.6 Å². The fraction of sp³-hybridized carbons (Fsp3) is 0.0769. The molecule has 0 amide bonds. The van der Waals surface area contributed by atoms with Crippen LogP contribution >= 0.6 is 0 Å². The Hall–Kier alpha value is -1.99. The molecule has 0 aliphatic carbocycles. The molecule has 2 rings (SSSR count). The van der Waals surface area contributed by atoms with E-state index in [0.717, 1.165) is 30.3 Å². The van der Waals surface area contributed by atoms with E-state index in [1.807, 2.05) is 0 Å². The average Bonchev–Trinajstić information content (AvgIpc) is 2.40. The van der Waals surface area contributed by atoms with Gasteiger partial charge in [-0.3, -0.25) is 0 Å². The molecule has 2 N–H and O–H groups in total. The van der Waals surface area contributed by atoms with Crippen molar-refractivity contribution in [3.8, 4) is 5.75 Å². The van der Waals surface area contributed by atoms with Gasteiger partial charge in [0.1, 0.15) is 18.2 Å². The zero-order chi connectivity index (χ0) is 14.7. The topological polar surface area (TPSA) is 49.7 Å². The van der Waals surface area contributed by atoms with E-state index in [9.17, 15) is 13.2 Å². The largest absolute Gasteiger partial charge is 0.488 e. The first-order valence-corrected chi connectivity index (χ1v) is 5.69. The Bertz CT molecular complexity index is 620. The summed E-state index contributed by atoms with van der Waals surface area (Å²) in [7, 11) is -1.89. The van der Waals surface area contributed by atoms with Crippen molar-refractivity contribution in [2.45, 2.75) is 6.61 Å². The second-order valence-corrected chi connectivity index (χ2v) is 4.08. The summed E-state index contributed by atoms with van der Waals surface area (Å²) < 4.78 is 44.4. The summed E-state index contributed by atoms with van der Waals surface area (Å²) in [5.41, 5.74) is 0.159. The predicted molar refractivity (Wildman–Crippen MR) is 66.9 cm³/mol. The highest BCUT2D eigenvalue weighted by atomic mass is 19.1. The second-order valence-electron chi connectivity index (χ2n) is 4.08. The lowest BCUT2D eigenvalue weighted by atomic mass is 9.77. The molecule has 0 heterocycles. The fourth-order valence-corrected chi connectivity index (χ4v) is 1.68. The Morgan fingerprint density at radius 2 is 1.60 bits per heavy atom. The van der Waals surface area contributed by atoms with Crippen molar-refractivity contribution < 1.29 is 28.0 Å². The summed E-state index contributed by atoms with van der Waals surface area (Å²) in [6.07, 6.45) is 0. The second kappa shape index (κ2) is 5.98. The molecule has 0 aliphatic rings. The first-order chi connectivity index (χ1) is 9.47. The molecule has 0 aliphatic heterocycles. The van der Waals surface area contributed by atoms with Crippen LogP contribution in [0.3, 0.4) is 0 Å². The summed E-state index contributed by atoms with van der Waals surface area (Å²) in [5.74, 6) is -2.37. The van der Waals surface area contributed by atoms with Crippen LogP contribution in [0.4, 0.5) is 13.2 Å². The van der Waals surface area contributed by atoms with Gasteiger partial charge in [0.2, 0.25) is 0 Å². The van der Waals surface area contributed by atoms with Crippen molar-refractivity contribution in [2.24, 2.45) is 0 Å². The maximum atomic E-state index is 13.3. The molecule has 3 nitrogen and oxygen atoms in total. The Balaban J connectivity index is 2.20. The summed E-state index contributed by atoms with van der Waals surface area (Å²) >= 11 is 0. The number of halogens is 3. The van der Waals surface area contributed by atoms with Gasteiger partial charge in [-0.1, -0.05) is 6.07 Å². The summed E-state index contributed by atoms with van der Waals surface area (Å²) in [4.78, 5) is 0. The van der Waals surface area contributed by atoms with Gasteiger partial charge in [0.05, 0.1) is 0 Å². The van der Waals surface area contributed by atoms with Crippen molar-refractivity contribution in [2.75, 3.05) is 0 Å². The zero-order valence-electron chi connectivity index (χ0n) is 10.2. The van der Waals surface area contributed by atoms with Crippen LogP contribution in [-0.2, 0) is 6.61 Å². The molecule has 2 aromatic carbocycles. The van der Waals surface area contributed by atoms with Gasteiger partial charge < -0.3 is 14.8 Å². The van der Waals surface area contributed by atoms with E-state index in [1.165, 1.54) is 6.07 Å². The molecule has 0 aromatic heterocycles. The molecule has 20 heavy (non-hydrogen) atoms. The quantitative estimate of drug-likeness (QED) is 0.832. The first kappa shape index (κ1) is 14.4. The number of rotatable bonds is 4. The molecule has 0 saturated carbocycles. The highest BCUT2D eigenvalue weighted by Crippen LogP contribution is 2.19. The van der Waals surface area contributed by atoms with E-state index in [-0.39, 0.29) is 23.4 Å². The molecular weight excluding hydrogens is 272 g/mol. The molecule has 0 saturated heterocycles. The highest BCUT2D eigenvalue weighted by molar-refractivity contribution is 6.59. The molecule has 0 fully saturated rings. The third-order valence-electron chi connectivity index (χ3n) is 2.66. The standard InChI is InChI=1S/C13H10BF3O3/c15-9-2-1-8(11(5-9)14(18)19)7-20-13-6-10(16)3-4-12(13)17/h1-6,18-19H,7H2. The normalized spacial score (nSPS) is 10.4. The van der Waals surface area contributed by atoms with Gasteiger partial charge in [0, 0.05) is 6.07 Å². The van der Waals surface area contributed by atoms with Gasteiger partial charge in [-0.15, -0.1) is 0 Å². The number of hydrogen-bond acceptors (Lipinski definition) is 3. The van der Waals surface area contributed by atoms with Crippen LogP contribution < -0.4 is 10.2 Å². The summed E-state index contributed by atoms with van der Waals surface area (Å²) in [5, 5.41) is 18.2. The van der Waals surface area contributed by atoms with Crippen LogP contribution in [0, 0.1) is 17.5 Å². The number of hydrogen-bond donors (Lipinski definition) is 2. The minimum atomic E-state index is -1.89. The minimum absolute atomic E-state index is 0.0955. The van der Waals surface area contributed by atoms with Crippen LogP contribution in [0.15, 0.2) is 36.4 Å². The van der Waals surface area contributed by atoms with Gasteiger partial charge in [-0.25, -0.2) is 13.2 Å². The van der Waals surface area contributed by atoms with Crippen LogP contribution in [0.1, 0.15) is 5.56 Å². The SMILES string of the molecule is OB(O)c1cc(F)ccc1COc1cc(F)ccc1F. The monoisotopic (exact) mass is 282 g/mol.